The number of hydrogen-bond acceptors (Lipinski definition) is 3. The van der Waals surface area contributed by atoms with Gasteiger partial charge in [-0.05, 0) is 25.3 Å². The summed E-state index contributed by atoms with van der Waals surface area (Å²) in [5, 5.41) is 26.0. The Labute approximate surface area is 139 Å². The number of carboxylic acids is 2. The Morgan fingerprint density at radius 1 is 0.609 bits per heavy atom. The minimum absolute atomic E-state index is 0.297. The minimum atomic E-state index is -1.26. The van der Waals surface area contributed by atoms with Gasteiger partial charge in [0.15, 0.2) is 5.76 Å². The molecule has 0 rings (SSSR count). The minimum Gasteiger partial charge on any atom is -0.502 e. The van der Waals surface area contributed by atoms with Gasteiger partial charge in [-0.3, -0.25) is 4.79 Å². The molecule has 0 aromatic rings. The summed E-state index contributed by atoms with van der Waals surface area (Å²) in [5.74, 6) is -2.50. The van der Waals surface area contributed by atoms with E-state index in [-0.39, 0.29) is 0 Å². The van der Waals surface area contributed by atoms with Gasteiger partial charge >= 0.3 is 11.9 Å². The van der Waals surface area contributed by atoms with E-state index in [1.807, 2.05) is 0 Å². The highest BCUT2D eigenvalue weighted by Crippen LogP contribution is 2.13. The number of unbranched alkanes of at least 4 members (excludes halogenated alkanes) is 12. The third-order valence-electron chi connectivity index (χ3n) is 3.90. The lowest BCUT2D eigenvalue weighted by Gasteiger charge is -2.02. The molecule has 0 saturated heterocycles. The van der Waals surface area contributed by atoms with Crippen molar-refractivity contribution in [1.29, 1.82) is 0 Å². The molecule has 0 atom stereocenters. The van der Waals surface area contributed by atoms with Crippen molar-refractivity contribution < 1.29 is 24.9 Å². The van der Waals surface area contributed by atoms with E-state index in [9.17, 15) is 9.59 Å². The number of carbonyl (C=O) groups is 2. The van der Waals surface area contributed by atoms with Crippen molar-refractivity contribution in [1.82, 2.24) is 0 Å². The van der Waals surface area contributed by atoms with Crippen molar-refractivity contribution in [3.63, 3.8) is 0 Å². The molecular formula is C18H32O5. The standard InChI is InChI=1S/C18H32O5/c19-16(18(22)23)14-12-10-8-6-4-2-1-3-5-7-9-11-13-15-17(20)21/h14,19H,1-13,15H2,(H,20,21)(H,22,23). The number of carboxylic acid groups (broad SMARTS) is 2. The highest BCUT2D eigenvalue weighted by Gasteiger charge is 2.01. The molecule has 0 aliphatic heterocycles. The second-order valence-electron chi connectivity index (χ2n) is 6.07. The average molecular weight is 328 g/mol. The van der Waals surface area contributed by atoms with E-state index < -0.39 is 17.7 Å². The Bertz CT molecular complexity index is 349. The molecule has 0 fully saturated rings. The predicted octanol–water partition coefficient (Wildman–Crippen LogP) is 5.06. The Morgan fingerprint density at radius 2 is 1.00 bits per heavy atom. The molecule has 5 heteroatoms. The number of aliphatic hydroxyl groups is 1. The van der Waals surface area contributed by atoms with Crippen molar-refractivity contribution in [3.8, 4) is 0 Å². The van der Waals surface area contributed by atoms with Crippen molar-refractivity contribution in [2.45, 2.75) is 89.9 Å². The number of aliphatic hydroxyl groups excluding tert-OH is 1. The van der Waals surface area contributed by atoms with Crippen LogP contribution in [0.15, 0.2) is 11.8 Å². The lowest BCUT2D eigenvalue weighted by molar-refractivity contribution is -0.137. The topological polar surface area (TPSA) is 94.8 Å². The zero-order chi connectivity index (χ0) is 17.3. The number of allylic oxidation sites excluding steroid dienone is 1. The Kier molecular flexibility index (Phi) is 14.4. The zero-order valence-electron chi connectivity index (χ0n) is 14.1. The van der Waals surface area contributed by atoms with Gasteiger partial charge in [-0.25, -0.2) is 4.79 Å². The van der Waals surface area contributed by atoms with Crippen molar-refractivity contribution in [2.75, 3.05) is 0 Å². The molecule has 0 amide bonds. The first-order valence-electron chi connectivity index (χ1n) is 8.88. The molecule has 134 valence electrons. The maximum Gasteiger partial charge on any atom is 0.370 e. The largest absolute Gasteiger partial charge is 0.502 e. The highest BCUT2D eigenvalue weighted by atomic mass is 16.4. The van der Waals surface area contributed by atoms with Crippen LogP contribution >= 0.6 is 0 Å². The third-order valence-corrected chi connectivity index (χ3v) is 3.90. The van der Waals surface area contributed by atoms with Gasteiger partial charge in [-0.2, -0.15) is 0 Å². The Morgan fingerprint density at radius 3 is 1.39 bits per heavy atom. The highest BCUT2D eigenvalue weighted by molar-refractivity contribution is 5.83. The number of aliphatic carboxylic acids is 2. The van der Waals surface area contributed by atoms with Crippen molar-refractivity contribution in [2.24, 2.45) is 0 Å². The SMILES string of the molecule is O=C(O)CCCCCCCCCCCCCCC=C(O)C(=O)O. The molecule has 0 bridgehead atoms. The molecule has 0 aliphatic carbocycles. The van der Waals surface area contributed by atoms with Crippen LogP contribution in [0.25, 0.3) is 0 Å². The lowest BCUT2D eigenvalue weighted by atomic mass is 10.0. The molecule has 3 N–H and O–H groups in total. The second kappa shape index (κ2) is 15.4. The predicted molar refractivity (Wildman–Crippen MR) is 90.6 cm³/mol. The average Bonchev–Trinajstić information content (AvgIpc) is 2.50. The zero-order valence-corrected chi connectivity index (χ0v) is 14.1. The lowest BCUT2D eigenvalue weighted by Crippen LogP contribution is -1.98. The summed E-state index contributed by atoms with van der Waals surface area (Å²) in [6.45, 7) is 0. The summed E-state index contributed by atoms with van der Waals surface area (Å²) < 4.78 is 0. The van der Waals surface area contributed by atoms with Crippen LogP contribution in [-0.4, -0.2) is 27.3 Å². The summed E-state index contributed by atoms with van der Waals surface area (Å²) in [5.41, 5.74) is 0. The Hall–Kier alpha value is -1.52. The maximum absolute atomic E-state index is 10.3. The van der Waals surface area contributed by atoms with Gasteiger partial charge in [0, 0.05) is 6.42 Å². The maximum atomic E-state index is 10.3. The summed E-state index contributed by atoms with van der Waals surface area (Å²) in [4.78, 5) is 20.7. The molecule has 0 spiro atoms. The van der Waals surface area contributed by atoms with Gasteiger partial charge in [0.1, 0.15) is 0 Å². The molecule has 0 aromatic heterocycles. The van der Waals surface area contributed by atoms with Gasteiger partial charge in [0.2, 0.25) is 0 Å². The van der Waals surface area contributed by atoms with E-state index >= 15 is 0 Å². The van der Waals surface area contributed by atoms with Gasteiger partial charge in [-0.1, -0.05) is 64.2 Å². The first-order chi connectivity index (χ1) is 11.0. The van der Waals surface area contributed by atoms with Gasteiger partial charge in [0.05, 0.1) is 0 Å². The number of rotatable bonds is 16. The Balaban J connectivity index is 3.15. The summed E-state index contributed by atoms with van der Waals surface area (Å²) in [6, 6.07) is 0. The molecular weight excluding hydrogens is 296 g/mol. The monoisotopic (exact) mass is 328 g/mol. The van der Waals surface area contributed by atoms with E-state index in [1.165, 1.54) is 44.6 Å². The summed E-state index contributed by atoms with van der Waals surface area (Å²) in [6.07, 6.45) is 15.9. The number of hydrogen-bond donors (Lipinski definition) is 3. The van der Waals surface area contributed by atoms with E-state index in [4.69, 9.17) is 15.3 Å². The molecule has 0 aliphatic rings. The van der Waals surface area contributed by atoms with Crippen LogP contribution in [0.2, 0.25) is 0 Å². The quantitative estimate of drug-likeness (QED) is 0.209. The van der Waals surface area contributed by atoms with Crippen LogP contribution in [0.3, 0.4) is 0 Å². The van der Waals surface area contributed by atoms with Crippen molar-refractivity contribution in [3.05, 3.63) is 11.8 Å². The van der Waals surface area contributed by atoms with E-state index in [0.717, 1.165) is 38.5 Å². The fourth-order valence-corrected chi connectivity index (χ4v) is 2.51. The normalized spacial score (nSPS) is 11.6. The van der Waals surface area contributed by atoms with Gasteiger partial charge in [-0.15, -0.1) is 0 Å². The van der Waals surface area contributed by atoms with Gasteiger partial charge < -0.3 is 15.3 Å². The van der Waals surface area contributed by atoms with Crippen LogP contribution in [0.5, 0.6) is 0 Å². The molecule has 0 radical (unpaired) electrons. The van der Waals surface area contributed by atoms with Gasteiger partial charge in [0.25, 0.3) is 0 Å². The van der Waals surface area contributed by atoms with E-state index in [2.05, 4.69) is 0 Å². The summed E-state index contributed by atoms with van der Waals surface area (Å²) in [7, 11) is 0. The fraction of sp³-hybridized carbons (Fsp3) is 0.778. The van der Waals surface area contributed by atoms with E-state index in [0.29, 0.717) is 12.8 Å². The summed E-state index contributed by atoms with van der Waals surface area (Å²) >= 11 is 0. The molecule has 5 nitrogen and oxygen atoms in total. The molecule has 0 unspecified atom stereocenters. The third kappa shape index (κ3) is 16.7. The van der Waals surface area contributed by atoms with E-state index in [1.54, 1.807) is 0 Å². The first kappa shape index (κ1) is 21.5. The molecule has 0 heterocycles. The van der Waals surface area contributed by atoms with Crippen LogP contribution < -0.4 is 0 Å². The second-order valence-corrected chi connectivity index (χ2v) is 6.07. The van der Waals surface area contributed by atoms with Crippen LogP contribution in [0.1, 0.15) is 89.9 Å². The first-order valence-corrected chi connectivity index (χ1v) is 8.88. The molecule has 0 saturated carbocycles. The van der Waals surface area contributed by atoms with Crippen LogP contribution in [-0.2, 0) is 9.59 Å². The fourth-order valence-electron chi connectivity index (χ4n) is 2.51. The van der Waals surface area contributed by atoms with Crippen molar-refractivity contribution >= 4 is 11.9 Å². The smallest absolute Gasteiger partial charge is 0.370 e. The van der Waals surface area contributed by atoms with Crippen LogP contribution in [0, 0.1) is 0 Å². The molecule has 0 aromatic carbocycles. The molecule has 23 heavy (non-hydrogen) atoms. The van der Waals surface area contributed by atoms with Crippen LogP contribution in [0.4, 0.5) is 0 Å².